The van der Waals surface area contributed by atoms with Gasteiger partial charge in [0.05, 0.1) is 17.9 Å². The van der Waals surface area contributed by atoms with Gasteiger partial charge in [-0.25, -0.2) is 0 Å². The Bertz CT molecular complexity index is 406. The van der Waals surface area contributed by atoms with E-state index >= 15 is 0 Å². The van der Waals surface area contributed by atoms with E-state index in [0.29, 0.717) is 6.04 Å². The van der Waals surface area contributed by atoms with Crippen LogP contribution in [-0.4, -0.2) is 23.6 Å². The number of nitrogens with one attached hydrogen (secondary N) is 1. The molecule has 0 bridgehead atoms. The molecule has 4 heteroatoms. The molecule has 3 nitrogen and oxygen atoms in total. The minimum absolute atomic E-state index is 0.313. The Kier molecular flexibility index (Phi) is 3.61. The zero-order valence-corrected chi connectivity index (χ0v) is 10.5. The van der Waals surface area contributed by atoms with Crippen LogP contribution >= 0.6 is 0 Å². The standard InChI is InChI=1S/C12H17NO2S/c1-3-13-11-6-7-16(14)12-5-4-9(15-2)8-10(11)12/h4-5,8,11,13H,3,6-7H2,1-2H3. The van der Waals surface area contributed by atoms with E-state index in [1.165, 1.54) is 0 Å². The molecule has 0 fully saturated rings. The summed E-state index contributed by atoms with van der Waals surface area (Å²) in [5.74, 6) is 1.58. The maximum atomic E-state index is 11.9. The van der Waals surface area contributed by atoms with Crippen molar-refractivity contribution >= 4 is 10.8 Å². The van der Waals surface area contributed by atoms with Crippen LogP contribution in [-0.2, 0) is 10.8 Å². The molecule has 1 heterocycles. The highest BCUT2D eigenvalue weighted by Gasteiger charge is 2.24. The van der Waals surface area contributed by atoms with Crippen LogP contribution in [0.3, 0.4) is 0 Å². The van der Waals surface area contributed by atoms with Crippen molar-refractivity contribution in [1.29, 1.82) is 0 Å². The van der Waals surface area contributed by atoms with Gasteiger partial charge in [0.1, 0.15) is 5.75 Å². The van der Waals surface area contributed by atoms with Gasteiger partial charge in [-0.05, 0) is 36.7 Å². The monoisotopic (exact) mass is 239 g/mol. The third kappa shape index (κ3) is 2.13. The molecule has 0 saturated heterocycles. The number of rotatable bonds is 3. The largest absolute Gasteiger partial charge is 0.497 e. The summed E-state index contributed by atoms with van der Waals surface area (Å²) in [4.78, 5) is 0.956. The van der Waals surface area contributed by atoms with Crippen molar-refractivity contribution in [3.63, 3.8) is 0 Å². The van der Waals surface area contributed by atoms with Crippen LogP contribution in [0.5, 0.6) is 5.75 Å². The Morgan fingerprint density at radius 3 is 3.06 bits per heavy atom. The average Bonchev–Trinajstić information content (AvgIpc) is 2.32. The van der Waals surface area contributed by atoms with Crippen LogP contribution in [0, 0.1) is 0 Å². The molecule has 2 unspecified atom stereocenters. The topological polar surface area (TPSA) is 38.3 Å². The number of fused-ring (bicyclic) bond motifs is 1. The maximum absolute atomic E-state index is 11.9. The summed E-state index contributed by atoms with van der Waals surface area (Å²) < 4.78 is 17.1. The van der Waals surface area contributed by atoms with Crippen LogP contribution in [0.2, 0.25) is 0 Å². The lowest BCUT2D eigenvalue weighted by molar-refractivity contribution is 0.411. The molecule has 1 aliphatic heterocycles. The quantitative estimate of drug-likeness (QED) is 0.875. The summed E-state index contributed by atoms with van der Waals surface area (Å²) in [6, 6.07) is 6.12. The zero-order chi connectivity index (χ0) is 11.5. The fourth-order valence-corrected chi connectivity index (χ4v) is 3.44. The predicted molar refractivity (Wildman–Crippen MR) is 65.3 cm³/mol. The fraction of sp³-hybridized carbons (Fsp3) is 0.500. The Morgan fingerprint density at radius 2 is 2.38 bits per heavy atom. The number of ether oxygens (including phenoxy) is 1. The third-order valence-electron chi connectivity index (χ3n) is 2.88. The molecule has 1 aromatic carbocycles. The minimum Gasteiger partial charge on any atom is -0.497 e. The van der Waals surface area contributed by atoms with E-state index in [4.69, 9.17) is 4.74 Å². The van der Waals surface area contributed by atoms with Crippen LogP contribution < -0.4 is 10.1 Å². The molecule has 2 rings (SSSR count). The molecule has 1 aliphatic rings. The van der Waals surface area contributed by atoms with Crippen molar-refractivity contribution in [1.82, 2.24) is 5.32 Å². The van der Waals surface area contributed by atoms with E-state index in [2.05, 4.69) is 12.2 Å². The molecule has 0 aliphatic carbocycles. The molecule has 88 valence electrons. The summed E-state index contributed by atoms with van der Waals surface area (Å²) in [6.45, 7) is 3.01. The summed E-state index contributed by atoms with van der Waals surface area (Å²) in [6.07, 6.45) is 0.931. The van der Waals surface area contributed by atoms with Crippen LogP contribution in [0.1, 0.15) is 24.9 Å². The summed E-state index contributed by atoms with van der Waals surface area (Å²) in [7, 11) is 0.811. The average molecular weight is 239 g/mol. The molecule has 16 heavy (non-hydrogen) atoms. The molecule has 0 aromatic heterocycles. The van der Waals surface area contributed by atoms with Crippen molar-refractivity contribution in [3.05, 3.63) is 23.8 Å². The van der Waals surface area contributed by atoms with Gasteiger partial charge in [-0.2, -0.15) is 0 Å². The number of benzene rings is 1. The minimum atomic E-state index is -0.845. The maximum Gasteiger partial charge on any atom is 0.119 e. The highest BCUT2D eigenvalue weighted by molar-refractivity contribution is 7.85. The van der Waals surface area contributed by atoms with E-state index in [1.54, 1.807) is 7.11 Å². The molecule has 0 saturated carbocycles. The molecule has 0 radical (unpaired) electrons. The number of hydrogen-bond donors (Lipinski definition) is 1. The second-order valence-electron chi connectivity index (χ2n) is 3.85. The molecule has 1 N–H and O–H groups in total. The zero-order valence-electron chi connectivity index (χ0n) is 9.66. The van der Waals surface area contributed by atoms with Crippen LogP contribution in [0.25, 0.3) is 0 Å². The van der Waals surface area contributed by atoms with Gasteiger partial charge in [-0.1, -0.05) is 6.92 Å². The first kappa shape index (κ1) is 11.6. The highest BCUT2D eigenvalue weighted by Crippen LogP contribution is 2.32. The number of hydrogen-bond acceptors (Lipinski definition) is 3. The normalized spacial score (nSPS) is 23.9. The van der Waals surface area contributed by atoms with Gasteiger partial charge < -0.3 is 10.1 Å². The van der Waals surface area contributed by atoms with Crippen LogP contribution in [0.4, 0.5) is 0 Å². The van der Waals surface area contributed by atoms with Gasteiger partial charge in [0.2, 0.25) is 0 Å². The van der Waals surface area contributed by atoms with Gasteiger partial charge in [-0.3, -0.25) is 4.21 Å². The lowest BCUT2D eigenvalue weighted by Gasteiger charge is -2.25. The van der Waals surface area contributed by atoms with Crippen molar-refractivity contribution in [3.8, 4) is 5.75 Å². The Labute approximate surface area is 98.7 Å². The van der Waals surface area contributed by atoms with Crippen molar-refractivity contribution in [2.24, 2.45) is 0 Å². The molecule has 0 amide bonds. The second kappa shape index (κ2) is 4.97. The van der Waals surface area contributed by atoms with Gasteiger partial charge >= 0.3 is 0 Å². The smallest absolute Gasteiger partial charge is 0.119 e. The van der Waals surface area contributed by atoms with Gasteiger partial charge in [-0.15, -0.1) is 0 Å². The Hall–Kier alpha value is -0.870. The third-order valence-corrected chi connectivity index (χ3v) is 4.35. The first-order valence-electron chi connectivity index (χ1n) is 5.56. The van der Waals surface area contributed by atoms with Crippen molar-refractivity contribution in [2.75, 3.05) is 19.4 Å². The predicted octanol–water partition coefficient (Wildman–Crippen LogP) is 1.86. The van der Waals surface area contributed by atoms with E-state index in [9.17, 15) is 4.21 Å². The Balaban J connectivity index is 2.40. The molecular formula is C12H17NO2S. The first-order chi connectivity index (χ1) is 7.76. The number of methoxy groups -OCH3 is 1. The van der Waals surface area contributed by atoms with Gasteiger partial charge in [0.15, 0.2) is 0 Å². The molecule has 2 atom stereocenters. The van der Waals surface area contributed by atoms with E-state index in [1.807, 2.05) is 18.2 Å². The first-order valence-corrected chi connectivity index (χ1v) is 6.88. The van der Waals surface area contributed by atoms with Crippen molar-refractivity contribution in [2.45, 2.75) is 24.3 Å². The lowest BCUT2D eigenvalue weighted by Crippen LogP contribution is -2.27. The SMILES string of the molecule is CCNC1CCS(=O)c2ccc(OC)cc21. The molecular weight excluding hydrogens is 222 g/mol. The van der Waals surface area contributed by atoms with E-state index in [-0.39, 0.29) is 0 Å². The van der Waals surface area contributed by atoms with E-state index in [0.717, 1.165) is 34.9 Å². The Morgan fingerprint density at radius 1 is 1.56 bits per heavy atom. The summed E-state index contributed by atoms with van der Waals surface area (Å²) in [5, 5.41) is 3.42. The van der Waals surface area contributed by atoms with Gasteiger partial charge in [0, 0.05) is 16.7 Å². The van der Waals surface area contributed by atoms with Crippen LogP contribution in [0.15, 0.2) is 23.1 Å². The second-order valence-corrected chi connectivity index (χ2v) is 5.39. The summed E-state index contributed by atoms with van der Waals surface area (Å²) in [5.41, 5.74) is 1.13. The van der Waals surface area contributed by atoms with Crippen molar-refractivity contribution < 1.29 is 8.95 Å². The molecule has 1 aromatic rings. The molecule has 0 spiro atoms. The summed E-state index contributed by atoms with van der Waals surface area (Å²) >= 11 is 0. The lowest BCUT2D eigenvalue weighted by atomic mass is 10.0. The highest BCUT2D eigenvalue weighted by atomic mass is 32.2. The van der Waals surface area contributed by atoms with E-state index < -0.39 is 10.8 Å². The van der Waals surface area contributed by atoms with Gasteiger partial charge in [0.25, 0.3) is 0 Å². The fourth-order valence-electron chi connectivity index (χ4n) is 2.08.